The zero-order chi connectivity index (χ0) is 23.3. The molecule has 2 atom stereocenters. The zero-order valence-corrected chi connectivity index (χ0v) is 17.9. The molecule has 11 nitrogen and oxygen atoms in total. The maximum Gasteiger partial charge on any atom is 0.321 e. The van der Waals surface area contributed by atoms with E-state index >= 15 is 0 Å². The van der Waals surface area contributed by atoms with Crippen molar-refractivity contribution in [2.45, 2.75) is 31.8 Å². The van der Waals surface area contributed by atoms with Crippen molar-refractivity contribution >= 4 is 35.2 Å². The van der Waals surface area contributed by atoms with E-state index < -0.39 is 29.9 Å². The Hall–Kier alpha value is -3.47. The molecule has 2 heterocycles. The topological polar surface area (TPSA) is 154 Å². The highest BCUT2D eigenvalue weighted by molar-refractivity contribution is 5.96. The number of Topliss-reactive ketones (excluding diaryl/α,β-unsaturated/α-hetero) is 1. The predicted octanol–water partition coefficient (Wildman–Crippen LogP) is -0.713. The van der Waals surface area contributed by atoms with Gasteiger partial charge in [0.05, 0.1) is 13.1 Å². The summed E-state index contributed by atoms with van der Waals surface area (Å²) in [6, 6.07) is 4.40. The van der Waals surface area contributed by atoms with Crippen LogP contribution in [0.25, 0.3) is 0 Å². The summed E-state index contributed by atoms with van der Waals surface area (Å²) in [5, 5.41) is 8.13. The fraction of sp³-hybridized carbons (Fsp3) is 0.476. The fourth-order valence-electron chi connectivity index (χ4n) is 3.78. The van der Waals surface area contributed by atoms with Gasteiger partial charge < -0.3 is 31.5 Å². The van der Waals surface area contributed by atoms with Crippen LogP contribution in [-0.2, 0) is 14.4 Å². The van der Waals surface area contributed by atoms with Crippen LogP contribution < -0.4 is 21.7 Å². The van der Waals surface area contributed by atoms with E-state index in [0.717, 1.165) is 6.42 Å². The Morgan fingerprint density at radius 3 is 2.50 bits per heavy atom. The predicted molar refractivity (Wildman–Crippen MR) is 116 cm³/mol. The van der Waals surface area contributed by atoms with Gasteiger partial charge in [0.15, 0.2) is 5.78 Å². The molecular formula is C21H28N6O5. The average molecular weight is 444 g/mol. The van der Waals surface area contributed by atoms with Gasteiger partial charge in [0.2, 0.25) is 17.7 Å². The molecule has 0 spiro atoms. The number of piperidine rings is 1. The zero-order valence-electron chi connectivity index (χ0n) is 17.9. The first kappa shape index (κ1) is 23.2. The minimum absolute atomic E-state index is 0.0384. The SMILES string of the molecule is CC(=O)c1ccc(NC(=O)N2CCN(C(=O)CN)[C@@H](C(=O)N[C@@H]3CCCNC3=O)C2)cc1. The number of amides is 5. The Morgan fingerprint density at radius 1 is 1.16 bits per heavy atom. The number of hydrogen-bond acceptors (Lipinski definition) is 6. The molecule has 1 aromatic carbocycles. The molecule has 0 saturated carbocycles. The minimum Gasteiger partial charge on any atom is -0.354 e. The molecule has 2 fully saturated rings. The molecule has 2 aliphatic heterocycles. The van der Waals surface area contributed by atoms with Crippen LogP contribution in [-0.4, -0.2) is 84.1 Å². The van der Waals surface area contributed by atoms with Crippen LogP contribution in [0.5, 0.6) is 0 Å². The molecule has 5 N–H and O–H groups in total. The third kappa shape index (κ3) is 5.41. The number of rotatable bonds is 5. The van der Waals surface area contributed by atoms with Crippen LogP contribution in [0.2, 0.25) is 0 Å². The largest absolute Gasteiger partial charge is 0.354 e. The molecule has 0 aliphatic carbocycles. The third-order valence-electron chi connectivity index (χ3n) is 5.61. The van der Waals surface area contributed by atoms with Crippen molar-refractivity contribution in [1.82, 2.24) is 20.4 Å². The highest BCUT2D eigenvalue weighted by atomic mass is 16.2. The Labute approximate surface area is 185 Å². The second-order valence-electron chi connectivity index (χ2n) is 7.81. The number of nitrogens with two attached hydrogens (primary N) is 1. The molecule has 32 heavy (non-hydrogen) atoms. The highest BCUT2D eigenvalue weighted by Crippen LogP contribution is 2.15. The molecule has 0 aromatic heterocycles. The molecule has 5 amide bonds. The molecule has 172 valence electrons. The van der Waals surface area contributed by atoms with E-state index in [-0.39, 0.29) is 37.9 Å². The smallest absolute Gasteiger partial charge is 0.321 e. The van der Waals surface area contributed by atoms with Crippen molar-refractivity contribution in [3.05, 3.63) is 29.8 Å². The summed E-state index contributed by atoms with van der Waals surface area (Å²) in [5.41, 5.74) is 6.53. The molecule has 0 unspecified atom stereocenters. The van der Waals surface area contributed by atoms with E-state index in [1.165, 1.54) is 16.7 Å². The van der Waals surface area contributed by atoms with Crippen LogP contribution in [0, 0.1) is 0 Å². The van der Waals surface area contributed by atoms with Gasteiger partial charge in [0.25, 0.3) is 0 Å². The van der Waals surface area contributed by atoms with E-state index in [0.29, 0.717) is 24.2 Å². The molecule has 0 bridgehead atoms. The molecule has 3 rings (SSSR count). The number of carbonyl (C=O) groups is 5. The third-order valence-corrected chi connectivity index (χ3v) is 5.61. The van der Waals surface area contributed by atoms with Crippen molar-refractivity contribution < 1.29 is 24.0 Å². The summed E-state index contributed by atoms with van der Waals surface area (Å²) < 4.78 is 0. The number of urea groups is 1. The Bertz CT molecular complexity index is 902. The lowest BCUT2D eigenvalue weighted by atomic mass is 10.1. The van der Waals surface area contributed by atoms with Gasteiger partial charge in [-0.25, -0.2) is 4.79 Å². The molecule has 1 aromatic rings. The van der Waals surface area contributed by atoms with Gasteiger partial charge in [-0.15, -0.1) is 0 Å². The number of nitrogens with zero attached hydrogens (tertiary/aromatic N) is 2. The standard InChI is InChI=1S/C21H28N6O5/c1-13(28)14-4-6-15(7-5-14)24-21(32)26-9-10-27(18(29)11-22)17(12-26)20(31)25-16-3-2-8-23-19(16)30/h4-7,16-17H,2-3,8-12,22H2,1H3,(H,23,30)(H,24,32)(H,25,31)/t16-,17-/m1/s1. The second-order valence-corrected chi connectivity index (χ2v) is 7.81. The monoisotopic (exact) mass is 444 g/mol. The van der Waals surface area contributed by atoms with Crippen LogP contribution in [0.3, 0.4) is 0 Å². The number of nitrogens with one attached hydrogen (secondary N) is 3. The van der Waals surface area contributed by atoms with Crippen molar-refractivity contribution in [1.29, 1.82) is 0 Å². The van der Waals surface area contributed by atoms with E-state index in [2.05, 4.69) is 16.0 Å². The summed E-state index contributed by atoms with van der Waals surface area (Å²) in [4.78, 5) is 64.2. The number of carbonyl (C=O) groups excluding carboxylic acids is 5. The van der Waals surface area contributed by atoms with Gasteiger partial charge in [0, 0.05) is 30.9 Å². The number of anilines is 1. The Kier molecular flexibility index (Phi) is 7.41. The van der Waals surface area contributed by atoms with Crippen LogP contribution in [0.15, 0.2) is 24.3 Å². The van der Waals surface area contributed by atoms with E-state index in [1.807, 2.05) is 0 Å². The van der Waals surface area contributed by atoms with Crippen molar-refractivity contribution in [3.8, 4) is 0 Å². The van der Waals surface area contributed by atoms with Crippen molar-refractivity contribution in [2.75, 3.05) is 38.0 Å². The maximum atomic E-state index is 13.0. The lowest BCUT2D eigenvalue weighted by Gasteiger charge is -2.40. The molecule has 11 heteroatoms. The van der Waals surface area contributed by atoms with Gasteiger partial charge in [-0.1, -0.05) is 0 Å². The Morgan fingerprint density at radius 2 is 1.88 bits per heavy atom. The minimum atomic E-state index is -0.958. The second kappa shape index (κ2) is 10.2. The number of ketones is 1. The molecule has 2 saturated heterocycles. The van der Waals surface area contributed by atoms with Crippen LogP contribution >= 0.6 is 0 Å². The summed E-state index contributed by atoms with van der Waals surface area (Å²) in [6.45, 7) is 2.08. The highest BCUT2D eigenvalue weighted by Gasteiger charge is 2.38. The number of hydrogen-bond donors (Lipinski definition) is 4. The van der Waals surface area contributed by atoms with Crippen molar-refractivity contribution in [3.63, 3.8) is 0 Å². The molecule has 0 radical (unpaired) electrons. The molecule has 2 aliphatic rings. The summed E-state index contributed by atoms with van der Waals surface area (Å²) in [5.74, 6) is -1.25. The summed E-state index contributed by atoms with van der Waals surface area (Å²) in [7, 11) is 0. The van der Waals surface area contributed by atoms with E-state index in [9.17, 15) is 24.0 Å². The van der Waals surface area contributed by atoms with Crippen LogP contribution in [0.1, 0.15) is 30.1 Å². The lowest BCUT2D eigenvalue weighted by Crippen LogP contribution is -2.64. The summed E-state index contributed by atoms with van der Waals surface area (Å²) in [6.07, 6.45) is 1.25. The van der Waals surface area contributed by atoms with Gasteiger partial charge in [-0.2, -0.15) is 0 Å². The Balaban J connectivity index is 1.68. The lowest BCUT2D eigenvalue weighted by molar-refractivity contribution is -0.143. The summed E-state index contributed by atoms with van der Waals surface area (Å²) >= 11 is 0. The van der Waals surface area contributed by atoms with E-state index in [4.69, 9.17) is 5.73 Å². The van der Waals surface area contributed by atoms with Gasteiger partial charge in [0.1, 0.15) is 12.1 Å². The molecular weight excluding hydrogens is 416 g/mol. The van der Waals surface area contributed by atoms with Gasteiger partial charge >= 0.3 is 6.03 Å². The number of benzene rings is 1. The maximum absolute atomic E-state index is 13.0. The first-order chi connectivity index (χ1) is 15.3. The fourth-order valence-corrected chi connectivity index (χ4v) is 3.78. The first-order valence-corrected chi connectivity index (χ1v) is 10.5. The van der Waals surface area contributed by atoms with Gasteiger partial charge in [-0.05, 0) is 44.0 Å². The van der Waals surface area contributed by atoms with Crippen LogP contribution in [0.4, 0.5) is 10.5 Å². The number of piperazine rings is 1. The van der Waals surface area contributed by atoms with Crippen molar-refractivity contribution in [2.24, 2.45) is 5.73 Å². The average Bonchev–Trinajstić information content (AvgIpc) is 2.80. The quantitative estimate of drug-likeness (QED) is 0.440. The first-order valence-electron chi connectivity index (χ1n) is 10.5. The van der Waals surface area contributed by atoms with Gasteiger partial charge in [-0.3, -0.25) is 19.2 Å². The normalized spacial score (nSPS) is 20.9. The van der Waals surface area contributed by atoms with E-state index in [1.54, 1.807) is 24.3 Å².